The summed E-state index contributed by atoms with van der Waals surface area (Å²) in [6, 6.07) is 19.1. The number of rotatable bonds is 6. The molecule has 4 rings (SSSR count). The summed E-state index contributed by atoms with van der Waals surface area (Å²) in [5.41, 5.74) is 2.16. The molecule has 0 radical (unpaired) electrons. The molecule has 182 valence electrons. The number of hydrogen-bond donors (Lipinski definition) is 1. The lowest BCUT2D eigenvalue weighted by Gasteiger charge is -2.30. The van der Waals surface area contributed by atoms with Crippen molar-refractivity contribution in [3.05, 3.63) is 92.9 Å². The molecule has 5 nitrogen and oxygen atoms in total. The van der Waals surface area contributed by atoms with Crippen molar-refractivity contribution in [3.8, 4) is 0 Å². The van der Waals surface area contributed by atoms with Crippen LogP contribution in [0.25, 0.3) is 0 Å². The lowest BCUT2D eigenvalue weighted by Crippen LogP contribution is -2.41. The number of nitrogens with zero attached hydrogens (tertiary/aromatic N) is 2. The minimum Gasteiger partial charge on any atom is -0.326 e. The lowest BCUT2D eigenvalue weighted by atomic mass is 10.1. The van der Waals surface area contributed by atoms with Gasteiger partial charge in [0.2, 0.25) is 5.91 Å². The number of benzene rings is 3. The molecule has 1 aliphatic carbocycles. The number of hydrazine groups is 1. The van der Waals surface area contributed by atoms with Crippen LogP contribution in [0.15, 0.2) is 66.7 Å². The smallest absolute Gasteiger partial charge is 0.273 e. The SMILES string of the molecule is CN(C(=O)c1cc(NC(=O)[C@H]2[C@H](c3ccc(Cl)c(Cl)c3)C2(Cl)Cl)ccc1Cl)N(C)c1ccccc1. The second-order valence-electron chi connectivity index (χ2n) is 8.18. The average molecular weight is 572 g/mol. The zero-order valence-corrected chi connectivity index (χ0v) is 22.4. The molecule has 3 aromatic carbocycles. The molecule has 0 unspecified atom stereocenters. The van der Waals surface area contributed by atoms with E-state index in [1.807, 2.05) is 30.3 Å². The fourth-order valence-corrected chi connectivity index (χ4v) is 5.22. The Balaban J connectivity index is 1.51. The molecule has 35 heavy (non-hydrogen) atoms. The van der Waals surface area contributed by atoms with E-state index in [-0.39, 0.29) is 22.4 Å². The van der Waals surface area contributed by atoms with E-state index in [1.54, 1.807) is 49.4 Å². The van der Waals surface area contributed by atoms with Crippen LogP contribution in [0.2, 0.25) is 15.1 Å². The van der Waals surface area contributed by atoms with E-state index in [0.717, 1.165) is 5.69 Å². The molecule has 0 heterocycles. The number of halogens is 5. The molecule has 1 saturated carbocycles. The first-order valence-corrected chi connectivity index (χ1v) is 12.4. The number of para-hydroxylation sites is 1. The van der Waals surface area contributed by atoms with E-state index >= 15 is 0 Å². The van der Waals surface area contributed by atoms with Gasteiger partial charge >= 0.3 is 0 Å². The Labute approximate surface area is 228 Å². The molecule has 0 bridgehead atoms. The molecule has 3 aromatic rings. The Kier molecular flexibility index (Phi) is 7.46. The highest BCUT2D eigenvalue weighted by Gasteiger charge is 2.67. The summed E-state index contributed by atoms with van der Waals surface area (Å²) in [5.74, 6) is -1.91. The summed E-state index contributed by atoms with van der Waals surface area (Å²) in [4.78, 5) is 26.2. The summed E-state index contributed by atoms with van der Waals surface area (Å²) in [5, 5.41) is 6.94. The average Bonchev–Trinajstić information content (AvgIpc) is 3.43. The predicted octanol–water partition coefficient (Wildman–Crippen LogP) is 7.30. The fraction of sp³-hybridized carbons (Fsp3) is 0.200. The van der Waals surface area contributed by atoms with Crippen molar-refractivity contribution in [2.45, 2.75) is 10.3 Å². The van der Waals surface area contributed by atoms with Crippen molar-refractivity contribution in [3.63, 3.8) is 0 Å². The summed E-state index contributed by atoms with van der Waals surface area (Å²) >= 11 is 31.3. The van der Waals surface area contributed by atoms with Gasteiger partial charge in [-0.2, -0.15) is 0 Å². The second-order valence-corrected chi connectivity index (χ2v) is 10.8. The van der Waals surface area contributed by atoms with Gasteiger partial charge in [-0.25, -0.2) is 0 Å². The number of hydrogen-bond acceptors (Lipinski definition) is 3. The van der Waals surface area contributed by atoms with E-state index < -0.39 is 16.2 Å². The number of alkyl halides is 2. The number of amides is 2. The maximum Gasteiger partial charge on any atom is 0.273 e. The highest BCUT2D eigenvalue weighted by atomic mass is 35.5. The second kappa shape index (κ2) is 10.1. The molecule has 0 aliphatic heterocycles. The van der Waals surface area contributed by atoms with E-state index in [0.29, 0.717) is 21.3 Å². The van der Waals surface area contributed by atoms with Crippen LogP contribution in [-0.4, -0.2) is 35.3 Å². The van der Waals surface area contributed by atoms with Crippen molar-refractivity contribution in [2.24, 2.45) is 5.92 Å². The highest BCUT2D eigenvalue weighted by molar-refractivity contribution is 6.53. The minimum absolute atomic E-state index is 0.231. The van der Waals surface area contributed by atoms with Gasteiger partial charge in [-0.1, -0.05) is 59.1 Å². The van der Waals surface area contributed by atoms with Crippen LogP contribution in [0, 0.1) is 5.92 Å². The number of carbonyl (C=O) groups excluding carboxylic acids is 2. The lowest BCUT2D eigenvalue weighted by molar-refractivity contribution is -0.117. The zero-order chi connectivity index (χ0) is 25.5. The first-order chi connectivity index (χ1) is 16.5. The first kappa shape index (κ1) is 25.9. The Morgan fingerprint density at radius 1 is 0.857 bits per heavy atom. The van der Waals surface area contributed by atoms with E-state index in [4.69, 9.17) is 58.0 Å². The fourth-order valence-electron chi connectivity index (χ4n) is 3.89. The van der Waals surface area contributed by atoms with E-state index in [9.17, 15) is 9.59 Å². The van der Waals surface area contributed by atoms with Crippen molar-refractivity contribution >= 4 is 81.2 Å². The molecular weight excluding hydrogens is 552 g/mol. The monoisotopic (exact) mass is 569 g/mol. The summed E-state index contributed by atoms with van der Waals surface area (Å²) < 4.78 is -1.30. The molecule has 2 amide bonds. The van der Waals surface area contributed by atoms with Crippen molar-refractivity contribution in [1.82, 2.24) is 5.01 Å². The number of anilines is 2. The maximum absolute atomic E-state index is 13.2. The van der Waals surface area contributed by atoms with Crippen LogP contribution in [0.4, 0.5) is 11.4 Å². The third-order valence-electron chi connectivity index (χ3n) is 5.98. The van der Waals surface area contributed by atoms with Crippen LogP contribution in [-0.2, 0) is 4.79 Å². The molecule has 1 aliphatic rings. The van der Waals surface area contributed by atoms with Crippen LogP contribution in [0.5, 0.6) is 0 Å². The molecule has 0 spiro atoms. The Morgan fingerprint density at radius 2 is 1.51 bits per heavy atom. The Morgan fingerprint density at radius 3 is 2.17 bits per heavy atom. The predicted molar refractivity (Wildman–Crippen MR) is 144 cm³/mol. The highest BCUT2D eigenvalue weighted by Crippen LogP contribution is 2.65. The topological polar surface area (TPSA) is 52.7 Å². The van der Waals surface area contributed by atoms with Gasteiger partial charge < -0.3 is 5.32 Å². The summed E-state index contributed by atoms with van der Waals surface area (Å²) in [6.07, 6.45) is 0. The third kappa shape index (κ3) is 5.20. The van der Waals surface area contributed by atoms with E-state index in [1.165, 1.54) is 11.1 Å². The van der Waals surface area contributed by atoms with Gasteiger partial charge in [0.15, 0.2) is 0 Å². The van der Waals surface area contributed by atoms with Crippen LogP contribution >= 0.6 is 58.0 Å². The van der Waals surface area contributed by atoms with Gasteiger partial charge in [0.1, 0.15) is 4.33 Å². The van der Waals surface area contributed by atoms with Gasteiger partial charge in [-0.15, -0.1) is 23.2 Å². The van der Waals surface area contributed by atoms with Gasteiger partial charge in [0.25, 0.3) is 5.91 Å². The molecule has 10 heteroatoms. The molecule has 0 saturated heterocycles. The van der Waals surface area contributed by atoms with Gasteiger partial charge in [0, 0.05) is 25.7 Å². The summed E-state index contributed by atoms with van der Waals surface area (Å²) in [6.45, 7) is 0. The Bertz CT molecular complexity index is 1290. The van der Waals surface area contributed by atoms with Crippen molar-refractivity contribution < 1.29 is 9.59 Å². The quantitative estimate of drug-likeness (QED) is 0.250. The van der Waals surface area contributed by atoms with Gasteiger partial charge in [0.05, 0.1) is 32.2 Å². The molecule has 1 N–H and O–H groups in total. The molecule has 0 aromatic heterocycles. The molecule has 1 fully saturated rings. The number of nitrogens with one attached hydrogen (secondary N) is 1. The zero-order valence-electron chi connectivity index (χ0n) is 18.6. The van der Waals surface area contributed by atoms with Crippen molar-refractivity contribution in [1.29, 1.82) is 0 Å². The molecule has 2 atom stereocenters. The first-order valence-electron chi connectivity index (χ1n) is 10.5. The van der Waals surface area contributed by atoms with Gasteiger partial charge in [-0.05, 0) is 48.0 Å². The van der Waals surface area contributed by atoms with Gasteiger partial charge in [-0.3, -0.25) is 19.6 Å². The maximum atomic E-state index is 13.2. The Hall–Kier alpha value is -2.15. The standard InChI is InChI=1S/C25H20Cl5N3O2/c1-32(16-6-4-3-5-7-16)33(2)24(35)17-13-15(9-11-18(17)26)31-23(34)22-21(25(22,29)30)14-8-10-19(27)20(28)12-14/h3-13,21-22H,1-2H3,(H,31,34)/t21-,22+/m0/s1. The number of carbonyl (C=O) groups is 2. The largest absolute Gasteiger partial charge is 0.326 e. The molecular formula is C25H20Cl5N3O2. The summed E-state index contributed by atoms with van der Waals surface area (Å²) in [7, 11) is 3.40. The normalized spacial score (nSPS) is 18.0. The van der Waals surface area contributed by atoms with Crippen LogP contribution in [0.1, 0.15) is 21.8 Å². The van der Waals surface area contributed by atoms with Crippen LogP contribution in [0.3, 0.4) is 0 Å². The van der Waals surface area contributed by atoms with Crippen LogP contribution < -0.4 is 10.3 Å². The third-order valence-corrected chi connectivity index (χ3v) is 7.99. The minimum atomic E-state index is -1.30. The van der Waals surface area contributed by atoms with E-state index in [2.05, 4.69) is 5.32 Å². The van der Waals surface area contributed by atoms with Crippen molar-refractivity contribution in [2.75, 3.05) is 24.4 Å².